The van der Waals surface area contributed by atoms with Crippen molar-refractivity contribution in [2.45, 2.75) is 32.5 Å². The summed E-state index contributed by atoms with van der Waals surface area (Å²) in [6.07, 6.45) is 1.92. The van der Waals surface area contributed by atoms with Crippen LogP contribution in [0.4, 0.5) is 5.82 Å². The lowest BCUT2D eigenvalue weighted by molar-refractivity contribution is 0.0365. The van der Waals surface area contributed by atoms with E-state index in [1.165, 1.54) is 5.56 Å². The summed E-state index contributed by atoms with van der Waals surface area (Å²) >= 11 is 0. The molecule has 0 aliphatic carbocycles. The van der Waals surface area contributed by atoms with Crippen LogP contribution in [0.3, 0.4) is 0 Å². The van der Waals surface area contributed by atoms with Gasteiger partial charge in [-0.25, -0.2) is 4.98 Å². The molecular weight excluding hydrogens is 242 g/mol. The van der Waals surface area contributed by atoms with Gasteiger partial charge in [0.25, 0.3) is 0 Å². The van der Waals surface area contributed by atoms with Crippen LogP contribution in [0.2, 0.25) is 0 Å². The predicted octanol–water partition coefficient (Wildman–Crippen LogP) is 1.65. The average Bonchev–Trinajstić information content (AvgIpc) is 2.42. The van der Waals surface area contributed by atoms with E-state index in [0.717, 1.165) is 12.4 Å². The third-order valence-corrected chi connectivity index (χ3v) is 2.74. The second-order valence-electron chi connectivity index (χ2n) is 4.78. The van der Waals surface area contributed by atoms with E-state index < -0.39 is 0 Å². The van der Waals surface area contributed by atoms with Crippen LogP contribution in [0.15, 0.2) is 18.3 Å². The zero-order valence-electron chi connectivity index (χ0n) is 12.3. The molecule has 1 aromatic heterocycles. The average molecular weight is 267 g/mol. The smallest absolute Gasteiger partial charge is 0.125 e. The fraction of sp³-hybridized carbons (Fsp3) is 0.643. The Labute approximate surface area is 115 Å². The summed E-state index contributed by atoms with van der Waals surface area (Å²) in [6.45, 7) is 6.35. The molecule has 2 N–H and O–H groups in total. The highest BCUT2D eigenvalue weighted by Crippen LogP contribution is 2.06. The van der Waals surface area contributed by atoms with Crippen LogP contribution in [0.1, 0.15) is 19.4 Å². The molecule has 1 unspecified atom stereocenters. The Morgan fingerprint density at radius 1 is 1.26 bits per heavy atom. The molecule has 19 heavy (non-hydrogen) atoms. The Balaban J connectivity index is 2.39. The summed E-state index contributed by atoms with van der Waals surface area (Å²) in [5, 5.41) is 6.60. The van der Waals surface area contributed by atoms with Gasteiger partial charge in [0.1, 0.15) is 5.82 Å². The summed E-state index contributed by atoms with van der Waals surface area (Å²) in [4.78, 5) is 4.38. The molecule has 0 amide bonds. The topological polar surface area (TPSA) is 55.4 Å². The van der Waals surface area contributed by atoms with Crippen molar-refractivity contribution in [2.24, 2.45) is 0 Å². The van der Waals surface area contributed by atoms with Crippen molar-refractivity contribution < 1.29 is 9.47 Å². The molecule has 0 saturated carbocycles. The van der Waals surface area contributed by atoms with Crippen molar-refractivity contribution in [1.82, 2.24) is 10.3 Å². The van der Waals surface area contributed by atoms with Crippen LogP contribution < -0.4 is 10.6 Å². The van der Waals surface area contributed by atoms with Gasteiger partial charge in [-0.1, -0.05) is 19.9 Å². The van der Waals surface area contributed by atoms with E-state index in [0.29, 0.717) is 19.2 Å². The van der Waals surface area contributed by atoms with Gasteiger partial charge in [-0.05, 0) is 11.6 Å². The fourth-order valence-corrected chi connectivity index (χ4v) is 1.57. The summed E-state index contributed by atoms with van der Waals surface area (Å²) < 4.78 is 10.3. The van der Waals surface area contributed by atoms with Gasteiger partial charge in [0.05, 0.1) is 12.7 Å². The largest absolute Gasteiger partial charge is 0.382 e. The summed E-state index contributed by atoms with van der Waals surface area (Å²) in [6, 6.07) is 4.54. The minimum atomic E-state index is 0.0362. The maximum Gasteiger partial charge on any atom is 0.125 e. The minimum absolute atomic E-state index is 0.0362. The van der Waals surface area contributed by atoms with E-state index in [9.17, 15) is 0 Å². The van der Waals surface area contributed by atoms with Crippen LogP contribution in [-0.2, 0) is 16.0 Å². The van der Waals surface area contributed by atoms with E-state index in [2.05, 4.69) is 35.5 Å². The van der Waals surface area contributed by atoms with E-state index >= 15 is 0 Å². The Morgan fingerprint density at radius 2 is 2.05 bits per heavy atom. The number of hydrogen-bond donors (Lipinski definition) is 2. The molecule has 1 rings (SSSR count). The van der Waals surface area contributed by atoms with Gasteiger partial charge < -0.3 is 20.1 Å². The summed E-state index contributed by atoms with van der Waals surface area (Å²) in [5.74, 6) is 0.853. The second-order valence-corrected chi connectivity index (χ2v) is 4.78. The molecule has 0 aromatic carbocycles. The zero-order valence-corrected chi connectivity index (χ0v) is 12.3. The van der Waals surface area contributed by atoms with Gasteiger partial charge in [0, 0.05) is 39.5 Å². The molecule has 1 atom stereocenters. The summed E-state index contributed by atoms with van der Waals surface area (Å²) in [5.41, 5.74) is 1.18. The highest BCUT2D eigenvalue weighted by atomic mass is 16.5. The minimum Gasteiger partial charge on any atom is -0.382 e. The van der Waals surface area contributed by atoms with Gasteiger partial charge in [0.15, 0.2) is 0 Å². The van der Waals surface area contributed by atoms with Crippen molar-refractivity contribution >= 4 is 5.82 Å². The van der Waals surface area contributed by atoms with Crippen molar-refractivity contribution in [3.05, 3.63) is 23.9 Å². The van der Waals surface area contributed by atoms with Crippen LogP contribution in [0.5, 0.6) is 0 Å². The number of nitrogens with one attached hydrogen (secondary N) is 2. The molecule has 0 aliphatic heterocycles. The number of rotatable bonds is 9. The molecule has 0 bridgehead atoms. The van der Waals surface area contributed by atoms with Crippen LogP contribution in [0.25, 0.3) is 0 Å². The molecule has 0 saturated heterocycles. The number of pyridine rings is 1. The third kappa shape index (κ3) is 6.52. The maximum atomic E-state index is 5.28. The van der Waals surface area contributed by atoms with Crippen molar-refractivity contribution in [3.8, 4) is 0 Å². The lowest BCUT2D eigenvalue weighted by Gasteiger charge is -2.15. The molecule has 1 aromatic rings. The first-order chi connectivity index (χ1) is 9.15. The highest BCUT2D eigenvalue weighted by Gasteiger charge is 2.06. The number of nitrogens with zero attached hydrogens (tertiary/aromatic N) is 1. The zero-order chi connectivity index (χ0) is 14.1. The quantitative estimate of drug-likeness (QED) is 0.712. The summed E-state index contributed by atoms with van der Waals surface area (Å²) in [7, 11) is 3.35. The van der Waals surface area contributed by atoms with Crippen LogP contribution >= 0.6 is 0 Å². The SMILES string of the molecule is COCC(CNc1ccc(CNC(C)C)cn1)OC. The lowest BCUT2D eigenvalue weighted by Crippen LogP contribution is -2.27. The van der Waals surface area contributed by atoms with Gasteiger partial charge in [0.2, 0.25) is 0 Å². The van der Waals surface area contributed by atoms with Crippen molar-refractivity contribution in [3.63, 3.8) is 0 Å². The second kappa shape index (κ2) is 8.85. The van der Waals surface area contributed by atoms with Crippen LogP contribution in [0, 0.1) is 0 Å². The number of ether oxygens (including phenoxy) is 2. The monoisotopic (exact) mass is 267 g/mol. The van der Waals surface area contributed by atoms with Gasteiger partial charge >= 0.3 is 0 Å². The fourth-order valence-electron chi connectivity index (χ4n) is 1.57. The predicted molar refractivity (Wildman–Crippen MR) is 77.4 cm³/mol. The normalized spacial score (nSPS) is 12.7. The molecule has 0 fully saturated rings. The van der Waals surface area contributed by atoms with Crippen molar-refractivity contribution in [1.29, 1.82) is 0 Å². The highest BCUT2D eigenvalue weighted by molar-refractivity contribution is 5.35. The molecule has 0 spiro atoms. The van der Waals surface area contributed by atoms with Gasteiger partial charge in [-0.15, -0.1) is 0 Å². The molecule has 5 heteroatoms. The number of anilines is 1. The van der Waals surface area contributed by atoms with Gasteiger partial charge in [-0.3, -0.25) is 0 Å². The van der Waals surface area contributed by atoms with Crippen molar-refractivity contribution in [2.75, 3.05) is 32.7 Å². The molecule has 108 valence electrons. The Kier molecular flexibility index (Phi) is 7.40. The maximum absolute atomic E-state index is 5.28. The lowest BCUT2D eigenvalue weighted by atomic mass is 10.2. The third-order valence-electron chi connectivity index (χ3n) is 2.74. The van der Waals surface area contributed by atoms with E-state index in [4.69, 9.17) is 9.47 Å². The Hall–Kier alpha value is -1.17. The van der Waals surface area contributed by atoms with E-state index in [1.807, 2.05) is 12.3 Å². The molecular formula is C14H25N3O2. The van der Waals surface area contributed by atoms with Gasteiger partial charge in [-0.2, -0.15) is 0 Å². The first-order valence-electron chi connectivity index (χ1n) is 6.59. The number of methoxy groups -OCH3 is 2. The Bertz CT molecular complexity index is 341. The number of hydrogen-bond acceptors (Lipinski definition) is 5. The first-order valence-corrected chi connectivity index (χ1v) is 6.59. The molecule has 0 aliphatic rings. The number of aromatic nitrogens is 1. The van der Waals surface area contributed by atoms with E-state index in [1.54, 1.807) is 14.2 Å². The standard InChI is InChI=1S/C14H25N3O2/c1-11(2)15-7-12-5-6-14(16-8-12)17-9-13(19-4)10-18-3/h5-6,8,11,13,15H,7,9-10H2,1-4H3,(H,16,17). The molecule has 0 radical (unpaired) electrons. The molecule has 1 heterocycles. The molecule has 5 nitrogen and oxygen atoms in total. The van der Waals surface area contributed by atoms with E-state index in [-0.39, 0.29) is 6.10 Å². The Morgan fingerprint density at radius 3 is 2.58 bits per heavy atom. The first kappa shape index (κ1) is 15.9. The van der Waals surface area contributed by atoms with Crippen LogP contribution in [-0.4, -0.2) is 44.5 Å².